The van der Waals surface area contributed by atoms with Crippen LogP contribution in [-0.4, -0.2) is 20.4 Å². The van der Waals surface area contributed by atoms with Gasteiger partial charge in [-0.1, -0.05) is 6.42 Å². The van der Waals surface area contributed by atoms with E-state index in [1.54, 1.807) is 16.7 Å². The second-order valence-corrected chi connectivity index (χ2v) is 6.67. The summed E-state index contributed by atoms with van der Waals surface area (Å²) in [4.78, 5) is 39.9. The number of hydrogen-bond donors (Lipinski definition) is 0. The van der Waals surface area contributed by atoms with Crippen LogP contribution in [0.15, 0.2) is 47.3 Å². The molecule has 1 aliphatic rings. The number of aryl methyl sites for hydroxylation is 1. The smallest absolute Gasteiger partial charge is 0.343 e. The van der Waals surface area contributed by atoms with Crippen molar-refractivity contribution >= 4 is 22.6 Å². The van der Waals surface area contributed by atoms with Crippen molar-refractivity contribution in [1.29, 1.82) is 0 Å². The Bertz CT molecular complexity index is 1140. The number of fused-ring (bicyclic) bond motifs is 2. The second-order valence-electron chi connectivity index (χ2n) is 6.67. The van der Waals surface area contributed by atoms with E-state index >= 15 is 0 Å². The lowest BCUT2D eigenvalue weighted by Crippen LogP contribution is -2.24. The highest BCUT2D eigenvalue weighted by Gasteiger charge is 2.16. The first-order valence-corrected chi connectivity index (χ1v) is 9.03. The lowest BCUT2D eigenvalue weighted by Gasteiger charge is -2.11. The van der Waals surface area contributed by atoms with Crippen LogP contribution in [0.3, 0.4) is 0 Å². The molecule has 0 saturated carbocycles. The zero-order valence-electron chi connectivity index (χ0n) is 15.0. The number of non-ortho nitro benzene ring substituents is 1. The number of ether oxygens (including phenoxy) is 1. The first-order valence-electron chi connectivity index (χ1n) is 9.03. The lowest BCUT2D eigenvalue weighted by molar-refractivity contribution is -0.384. The summed E-state index contributed by atoms with van der Waals surface area (Å²) in [6.45, 7) is 0.668. The van der Waals surface area contributed by atoms with Gasteiger partial charge in [-0.25, -0.2) is 9.78 Å². The van der Waals surface area contributed by atoms with E-state index in [4.69, 9.17) is 4.74 Å². The molecule has 0 amide bonds. The number of nitro groups is 1. The van der Waals surface area contributed by atoms with Crippen LogP contribution in [0.4, 0.5) is 5.69 Å². The van der Waals surface area contributed by atoms with E-state index < -0.39 is 10.9 Å². The molecule has 2 heterocycles. The Labute approximate surface area is 159 Å². The molecule has 0 fully saturated rings. The van der Waals surface area contributed by atoms with Gasteiger partial charge in [0.2, 0.25) is 0 Å². The minimum atomic E-state index is -0.618. The summed E-state index contributed by atoms with van der Waals surface area (Å²) in [5.41, 5.74) is 0.556. The topological polar surface area (TPSA) is 104 Å². The molecule has 8 heteroatoms. The summed E-state index contributed by atoms with van der Waals surface area (Å²) in [7, 11) is 0. The number of nitro benzene ring substituents is 1. The summed E-state index contributed by atoms with van der Waals surface area (Å²) in [6, 6.07) is 9.93. The standard InChI is InChI=1S/C20H17N3O5/c24-19-16-10-5-13(12-17(16)21-18-4-2-1-3-11-22(18)19)20(25)28-15-8-6-14(7-9-15)23(26)27/h5-10,12H,1-4,11H2. The number of rotatable bonds is 3. The van der Waals surface area contributed by atoms with Crippen LogP contribution in [0.1, 0.15) is 35.4 Å². The maximum absolute atomic E-state index is 12.7. The monoisotopic (exact) mass is 379 g/mol. The fourth-order valence-electron chi connectivity index (χ4n) is 3.35. The molecule has 2 aromatic carbocycles. The highest BCUT2D eigenvalue weighted by molar-refractivity contribution is 5.95. The van der Waals surface area contributed by atoms with Crippen LogP contribution < -0.4 is 10.3 Å². The summed E-state index contributed by atoms with van der Waals surface area (Å²) >= 11 is 0. The van der Waals surface area contributed by atoms with E-state index in [1.165, 1.54) is 30.3 Å². The highest BCUT2D eigenvalue weighted by Crippen LogP contribution is 2.20. The van der Waals surface area contributed by atoms with Crippen molar-refractivity contribution < 1.29 is 14.5 Å². The first kappa shape index (κ1) is 17.8. The third kappa shape index (κ3) is 3.36. The largest absolute Gasteiger partial charge is 0.423 e. The quantitative estimate of drug-likeness (QED) is 0.299. The van der Waals surface area contributed by atoms with Gasteiger partial charge in [0, 0.05) is 25.1 Å². The molecule has 0 unspecified atom stereocenters. The van der Waals surface area contributed by atoms with Crippen molar-refractivity contribution in [3.05, 3.63) is 74.3 Å². The molecule has 1 aliphatic heterocycles. The number of esters is 1. The zero-order chi connectivity index (χ0) is 19.7. The molecule has 0 spiro atoms. The van der Waals surface area contributed by atoms with Crippen LogP contribution in [-0.2, 0) is 13.0 Å². The van der Waals surface area contributed by atoms with Gasteiger partial charge in [0.05, 0.1) is 21.4 Å². The minimum Gasteiger partial charge on any atom is -0.423 e. The summed E-state index contributed by atoms with van der Waals surface area (Å²) in [5.74, 6) is 0.328. The van der Waals surface area contributed by atoms with Crippen LogP contribution in [0.5, 0.6) is 5.75 Å². The molecule has 0 atom stereocenters. The highest BCUT2D eigenvalue weighted by atomic mass is 16.6. The van der Waals surface area contributed by atoms with Gasteiger partial charge in [0.15, 0.2) is 0 Å². The Hall–Kier alpha value is -3.55. The molecule has 4 rings (SSSR count). The Morgan fingerprint density at radius 1 is 1.11 bits per heavy atom. The molecular weight excluding hydrogens is 362 g/mol. The average Bonchev–Trinajstić information content (AvgIpc) is 2.94. The Morgan fingerprint density at radius 2 is 1.89 bits per heavy atom. The molecule has 0 bridgehead atoms. The Morgan fingerprint density at radius 3 is 2.64 bits per heavy atom. The number of benzene rings is 2. The van der Waals surface area contributed by atoms with Crippen molar-refractivity contribution in [2.45, 2.75) is 32.2 Å². The van der Waals surface area contributed by atoms with Gasteiger partial charge in [-0.2, -0.15) is 0 Å². The van der Waals surface area contributed by atoms with Gasteiger partial charge < -0.3 is 4.74 Å². The molecule has 0 radical (unpaired) electrons. The van der Waals surface area contributed by atoms with Crippen LogP contribution in [0.2, 0.25) is 0 Å². The van der Waals surface area contributed by atoms with Gasteiger partial charge >= 0.3 is 5.97 Å². The SMILES string of the molecule is O=C(Oc1ccc([N+](=O)[O-])cc1)c1ccc2c(=O)n3c(nc2c1)CCCCC3. The first-order chi connectivity index (χ1) is 13.5. The van der Waals surface area contributed by atoms with Gasteiger partial charge in [-0.15, -0.1) is 0 Å². The van der Waals surface area contributed by atoms with E-state index in [0.717, 1.165) is 31.5 Å². The average molecular weight is 379 g/mol. The molecule has 0 aliphatic carbocycles. The van der Waals surface area contributed by atoms with Gasteiger partial charge in [-0.3, -0.25) is 19.5 Å². The van der Waals surface area contributed by atoms with E-state index in [-0.39, 0.29) is 22.6 Å². The second kappa shape index (κ2) is 7.22. The molecular formula is C20H17N3O5. The molecule has 0 saturated heterocycles. The predicted molar refractivity (Wildman–Crippen MR) is 102 cm³/mol. The van der Waals surface area contributed by atoms with Crippen LogP contribution in [0, 0.1) is 10.1 Å². The Kier molecular flexibility index (Phi) is 4.60. The summed E-state index contributed by atoms with van der Waals surface area (Å²) in [6.07, 6.45) is 3.74. The van der Waals surface area contributed by atoms with Gasteiger partial charge in [0.25, 0.3) is 11.2 Å². The molecule has 1 aromatic heterocycles. The molecule has 28 heavy (non-hydrogen) atoms. The number of carbonyl (C=O) groups excluding carboxylic acids is 1. The van der Waals surface area contributed by atoms with Crippen molar-refractivity contribution in [2.24, 2.45) is 0 Å². The third-order valence-electron chi connectivity index (χ3n) is 4.81. The molecule has 0 N–H and O–H groups in total. The van der Waals surface area contributed by atoms with Gasteiger partial charge in [0.1, 0.15) is 11.6 Å². The maximum atomic E-state index is 12.7. The molecule has 8 nitrogen and oxygen atoms in total. The molecule has 3 aromatic rings. The fraction of sp³-hybridized carbons (Fsp3) is 0.250. The van der Waals surface area contributed by atoms with E-state index in [0.29, 0.717) is 17.4 Å². The zero-order valence-corrected chi connectivity index (χ0v) is 15.0. The van der Waals surface area contributed by atoms with Crippen molar-refractivity contribution in [3.8, 4) is 5.75 Å². The van der Waals surface area contributed by atoms with Crippen LogP contribution >= 0.6 is 0 Å². The van der Waals surface area contributed by atoms with Crippen molar-refractivity contribution in [1.82, 2.24) is 9.55 Å². The van der Waals surface area contributed by atoms with Crippen LogP contribution in [0.25, 0.3) is 10.9 Å². The summed E-state index contributed by atoms with van der Waals surface area (Å²) < 4.78 is 7.00. The Balaban J connectivity index is 1.64. The lowest BCUT2D eigenvalue weighted by atomic mass is 10.1. The van der Waals surface area contributed by atoms with E-state index in [1.807, 2.05) is 0 Å². The predicted octanol–water partition coefficient (Wildman–Crippen LogP) is 3.25. The number of carbonyl (C=O) groups is 1. The minimum absolute atomic E-state index is 0.0859. The molecule has 142 valence electrons. The van der Waals surface area contributed by atoms with Gasteiger partial charge in [-0.05, 0) is 43.2 Å². The van der Waals surface area contributed by atoms with E-state index in [9.17, 15) is 19.7 Å². The number of nitrogens with zero attached hydrogens (tertiary/aromatic N) is 3. The fourth-order valence-corrected chi connectivity index (χ4v) is 3.35. The van der Waals surface area contributed by atoms with Crippen molar-refractivity contribution in [3.63, 3.8) is 0 Å². The maximum Gasteiger partial charge on any atom is 0.343 e. The number of hydrogen-bond acceptors (Lipinski definition) is 6. The normalized spacial score (nSPS) is 13.6. The third-order valence-corrected chi connectivity index (χ3v) is 4.81. The van der Waals surface area contributed by atoms with E-state index in [2.05, 4.69) is 4.98 Å². The van der Waals surface area contributed by atoms with Crippen molar-refractivity contribution in [2.75, 3.05) is 0 Å². The number of aromatic nitrogens is 2. The summed E-state index contributed by atoms with van der Waals surface area (Å²) in [5, 5.41) is 11.2.